The summed E-state index contributed by atoms with van der Waals surface area (Å²) in [5.74, 6) is 1.71. The van der Waals surface area contributed by atoms with E-state index >= 15 is 0 Å². The average Bonchev–Trinajstić information content (AvgIpc) is 2.96. The molecule has 1 saturated carbocycles. The third-order valence-electron chi connectivity index (χ3n) is 2.79. The second kappa shape index (κ2) is 2.82. The number of nitrogens with two attached hydrogens (primary N) is 1. The van der Waals surface area contributed by atoms with Crippen LogP contribution in [0.3, 0.4) is 0 Å². The summed E-state index contributed by atoms with van der Waals surface area (Å²) < 4.78 is 0. The summed E-state index contributed by atoms with van der Waals surface area (Å²) in [4.78, 5) is 7.81. The lowest BCUT2D eigenvalue weighted by molar-refractivity contribution is 0.986. The van der Waals surface area contributed by atoms with Crippen LogP contribution in [-0.2, 0) is 0 Å². The Hall–Kier alpha value is -1.84. The second-order valence-corrected chi connectivity index (χ2v) is 4.01. The largest absolute Gasteiger partial charge is 0.384 e. The van der Waals surface area contributed by atoms with E-state index < -0.39 is 0 Å². The molecule has 1 aliphatic carbocycles. The molecule has 0 radical (unpaired) electrons. The number of imidazole rings is 1. The molecule has 2 aromatic rings. The summed E-state index contributed by atoms with van der Waals surface area (Å²) >= 11 is 0. The molecule has 0 amide bonds. The van der Waals surface area contributed by atoms with Crippen LogP contribution in [0.15, 0.2) is 18.2 Å². The van der Waals surface area contributed by atoms with E-state index in [-0.39, 0.29) is 5.84 Å². The number of nitrogen functional groups attached to an aromatic ring is 1. The summed E-state index contributed by atoms with van der Waals surface area (Å²) in [6.07, 6.45) is 2.43. The Labute approximate surface area is 87.0 Å². The standard InChI is InChI=1S/C11H12N4/c12-10(13)7-2-1-3-8-9(7)15-11(14-8)6-4-5-6/h1-3,6H,4-5H2,(H3,12,13)(H,14,15). The molecule has 1 heterocycles. The first-order valence-corrected chi connectivity index (χ1v) is 5.09. The van der Waals surface area contributed by atoms with E-state index in [0.29, 0.717) is 5.92 Å². The highest BCUT2D eigenvalue weighted by Gasteiger charge is 2.27. The van der Waals surface area contributed by atoms with E-state index in [1.165, 1.54) is 12.8 Å². The zero-order valence-corrected chi connectivity index (χ0v) is 8.25. The van der Waals surface area contributed by atoms with E-state index in [1.807, 2.05) is 18.2 Å². The third-order valence-corrected chi connectivity index (χ3v) is 2.79. The van der Waals surface area contributed by atoms with Gasteiger partial charge in [0.2, 0.25) is 0 Å². The van der Waals surface area contributed by atoms with Crippen LogP contribution < -0.4 is 5.73 Å². The molecule has 1 aliphatic rings. The van der Waals surface area contributed by atoms with Crippen molar-refractivity contribution in [3.8, 4) is 0 Å². The van der Waals surface area contributed by atoms with Gasteiger partial charge in [-0.1, -0.05) is 6.07 Å². The lowest BCUT2D eigenvalue weighted by Crippen LogP contribution is -2.11. The molecule has 1 aromatic carbocycles. The number of hydrogen-bond donors (Lipinski definition) is 3. The predicted molar refractivity (Wildman–Crippen MR) is 59.1 cm³/mol. The Kier molecular flexibility index (Phi) is 1.59. The first kappa shape index (κ1) is 8.47. The molecule has 76 valence electrons. The molecule has 4 heteroatoms. The van der Waals surface area contributed by atoms with Crippen molar-refractivity contribution in [2.75, 3.05) is 0 Å². The van der Waals surface area contributed by atoms with Gasteiger partial charge in [-0.3, -0.25) is 5.41 Å². The summed E-state index contributed by atoms with van der Waals surface area (Å²) in [5.41, 5.74) is 8.03. The number of nitrogens with zero attached hydrogens (tertiary/aromatic N) is 1. The van der Waals surface area contributed by atoms with E-state index in [1.54, 1.807) is 0 Å². The monoisotopic (exact) mass is 200 g/mol. The van der Waals surface area contributed by atoms with E-state index in [4.69, 9.17) is 11.1 Å². The van der Waals surface area contributed by atoms with Gasteiger partial charge in [0, 0.05) is 11.5 Å². The van der Waals surface area contributed by atoms with Crippen LogP contribution in [0.1, 0.15) is 30.1 Å². The molecule has 3 rings (SSSR count). The highest BCUT2D eigenvalue weighted by molar-refractivity contribution is 6.05. The van der Waals surface area contributed by atoms with Crippen molar-refractivity contribution in [3.63, 3.8) is 0 Å². The lowest BCUT2D eigenvalue weighted by Gasteiger charge is -1.97. The first-order valence-electron chi connectivity index (χ1n) is 5.09. The maximum atomic E-state index is 7.47. The minimum Gasteiger partial charge on any atom is -0.384 e. The Morgan fingerprint density at radius 3 is 2.93 bits per heavy atom. The van der Waals surface area contributed by atoms with Gasteiger partial charge in [-0.15, -0.1) is 0 Å². The summed E-state index contributed by atoms with van der Waals surface area (Å²) in [6.45, 7) is 0. The van der Waals surface area contributed by atoms with Gasteiger partial charge >= 0.3 is 0 Å². The number of amidine groups is 1. The fourth-order valence-electron chi connectivity index (χ4n) is 1.82. The number of para-hydroxylation sites is 1. The highest BCUT2D eigenvalue weighted by atomic mass is 14.9. The number of hydrogen-bond acceptors (Lipinski definition) is 2. The predicted octanol–water partition coefficient (Wildman–Crippen LogP) is 1.72. The summed E-state index contributed by atoms with van der Waals surface area (Å²) in [7, 11) is 0. The van der Waals surface area contributed by atoms with Crippen molar-refractivity contribution in [2.24, 2.45) is 5.73 Å². The number of fused-ring (bicyclic) bond motifs is 1. The third kappa shape index (κ3) is 1.29. The molecule has 1 aromatic heterocycles. The van der Waals surface area contributed by atoms with Crippen molar-refractivity contribution in [1.29, 1.82) is 5.41 Å². The zero-order chi connectivity index (χ0) is 10.4. The van der Waals surface area contributed by atoms with Crippen molar-refractivity contribution in [2.45, 2.75) is 18.8 Å². The first-order chi connectivity index (χ1) is 7.25. The van der Waals surface area contributed by atoms with Gasteiger partial charge in [0.25, 0.3) is 0 Å². The summed E-state index contributed by atoms with van der Waals surface area (Å²) in [5, 5.41) is 7.47. The van der Waals surface area contributed by atoms with Crippen LogP contribution in [0.2, 0.25) is 0 Å². The minimum absolute atomic E-state index is 0.0782. The number of aromatic nitrogens is 2. The number of rotatable bonds is 2. The Morgan fingerprint density at radius 2 is 2.27 bits per heavy atom. The second-order valence-electron chi connectivity index (χ2n) is 4.01. The van der Waals surface area contributed by atoms with Crippen molar-refractivity contribution >= 4 is 16.9 Å². The quantitative estimate of drug-likeness (QED) is 0.510. The lowest BCUT2D eigenvalue weighted by atomic mass is 10.2. The van der Waals surface area contributed by atoms with Crippen molar-refractivity contribution < 1.29 is 0 Å². The van der Waals surface area contributed by atoms with Crippen LogP contribution in [0.25, 0.3) is 11.0 Å². The van der Waals surface area contributed by atoms with Crippen LogP contribution in [0.5, 0.6) is 0 Å². The Bertz CT molecular complexity index is 537. The SMILES string of the molecule is N=C(N)c1cccc2[nH]c(C3CC3)nc12. The highest BCUT2D eigenvalue weighted by Crippen LogP contribution is 2.39. The van der Waals surface area contributed by atoms with Crippen molar-refractivity contribution in [1.82, 2.24) is 9.97 Å². The van der Waals surface area contributed by atoms with Gasteiger partial charge in [0.15, 0.2) is 0 Å². The van der Waals surface area contributed by atoms with Gasteiger partial charge in [0.05, 0.1) is 11.0 Å². The molecule has 0 spiro atoms. The molecule has 0 unspecified atom stereocenters. The van der Waals surface area contributed by atoms with Gasteiger partial charge in [-0.2, -0.15) is 0 Å². The molecular weight excluding hydrogens is 188 g/mol. The van der Waals surface area contributed by atoms with E-state index in [9.17, 15) is 0 Å². The smallest absolute Gasteiger partial charge is 0.125 e. The van der Waals surface area contributed by atoms with Crippen LogP contribution >= 0.6 is 0 Å². The van der Waals surface area contributed by atoms with Crippen LogP contribution in [0.4, 0.5) is 0 Å². The van der Waals surface area contributed by atoms with Gasteiger partial charge < -0.3 is 10.7 Å². The maximum Gasteiger partial charge on any atom is 0.125 e. The summed E-state index contributed by atoms with van der Waals surface area (Å²) in [6, 6.07) is 5.71. The molecule has 4 nitrogen and oxygen atoms in total. The molecule has 0 atom stereocenters. The average molecular weight is 200 g/mol. The molecular formula is C11H12N4. The van der Waals surface area contributed by atoms with Crippen LogP contribution in [-0.4, -0.2) is 15.8 Å². The maximum absolute atomic E-state index is 7.47. The Morgan fingerprint density at radius 1 is 1.47 bits per heavy atom. The molecule has 0 aliphatic heterocycles. The molecule has 1 fully saturated rings. The number of aromatic amines is 1. The van der Waals surface area contributed by atoms with Crippen molar-refractivity contribution in [3.05, 3.63) is 29.6 Å². The number of benzene rings is 1. The van der Waals surface area contributed by atoms with E-state index in [2.05, 4.69) is 9.97 Å². The van der Waals surface area contributed by atoms with Gasteiger partial charge in [-0.25, -0.2) is 4.98 Å². The molecule has 0 saturated heterocycles. The van der Waals surface area contributed by atoms with E-state index in [0.717, 1.165) is 22.4 Å². The Balaban J connectivity index is 2.23. The molecule has 15 heavy (non-hydrogen) atoms. The fraction of sp³-hybridized carbons (Fsp3) is 0.273. The zero-order valence-electron chi connectivity index (χ0n) is 8.25. The topological polar surface area (TPSA) is 78.5 Å². The van der Waals surface area contributed by atoms with Gasteiger partial charge in [-0.05, 0) is 25.0 Å². The number of H-pyrrole nitrogens is 1. The van der Waals surface area contributed by atoms with Gasteiger partial charge in [0.1, 0.15) is 11.7 Å². The normalized spacial score (nSPS) is 15.7. The molecule has 0 bridgehead atoms. The fourth-order valence-corrected chi connectivity index (χ4v) is 1.82. The minimum atomic E-state index is 0.0782. The number of nitrogens with one attached hydrogen (secondary N) is 2. The van der Waals surface area contributed by atoms with Crippen LogP contribution in [0, 0.1) is 5.41 Å². The molecule has 4 N–H and O–H groups in total.